The number of hydrogen-bond donors (Lipinski definition) is 0. The summed E-state index contributed by atoms with van der Waals surface area (Å²) in [4.78, 5) is 9.69. The Morgan fingerprint density at radius 3 is 1.86 bits per heavy atom. The number of aromatic nitrogens is 2. The second-order valence-corrected chi connectivity index (χ2v) is 11.9. The summed E-state index contributed by atoms with van der Waals surface area (Å²) < 4.78 is 14.9. The molecule has 0 aliphatic carbocycles. The Hall–Kier alpha value is -4.07. The van der Waals surface area contributed by atoms with Gasteiger partial charge in [-0.25, -0.2) is 0 Å². The molecule has 6 aromatic rings. The molecule has 4 aromatic carbocycles. The first-order chi connectivity index (χ1) is 17.5. The summed E-state index contributed by atoms with van der Waals surface area (Å²) in [6, 6.07) is 38.2. The largest absolute Gasteiger partial charge is 0.309 e. The van der Waals surface area contributed by atoms with Crippen LogP contribution in [-0.4, -0.2) is 9.97 Å². The van der Waals surface area contributed by atoms with E-state index in [0.717, 1.165) is 60.2 Å². The second-order valence-electron chi connectivity index (χ2n) is 9.13. The average molecular weight is 485 g/mol. The summed E-state index contributed by atoms with van der Waals surface area (Å²) >= 11 is 0. The van der Waals surface area contributed by atoms with E-state index in [4.69, 9.17) is 9.97 Å². The van der Waals surface area contributed by atoms with Crippen LogP contribution in [0.3, 0.4) is 0 Å². The lowest BCUT2D eigenvalue weighted by atomic mass is 9.99. The molecule has 0 saturated heterocycles. The van der Waals surface area contributed by atoms with E-state index in [1.807, 2.05) is 92.7 Å². The molecule has 0 aliphatic heterocycles. The molecule has 0 saturated carbocycles. The topological polar surface area (TPSA) is 42.9 Å². The maximum absolute atomic E-state index is 14.9. The van der Waals surface area contributed by atoms with Crippen LogP contribution in [0, 0.1) is 13.8 Å². The predicted octanol–water partition coefficient (Wildman–Crippen LogP) is 6.71. The van der Waals surface area contributed by atoms with Gasteiger partial charge >= 0.3 is 0 Å². The zero-order valence-corrected chi connectivity index (χ0v) is 21.1. The third kappa shape index (κ3) is 3.73. The van der Waals surface area contributed by atoms with Gasteiger partial charge < -0.3 is 4.57 Å². The van der Waals surface area contributed by atoms with Crippen molar-refractivity contribution in [2.45, 2.75) is 13.8 Å². The van der Waals surface area contributed by atoms with Gasteiger partial charge in [-0.15, -0.1) is 0 Å². The molecule has 4 heteroatoms. The van der Waals surface area contributed by atoms with E-state index in [1.54, 1.807) is 0 Å². The van der Waals surface area contributed by atoms with Gasteiger partial charge in [0.2, 0.25) is 0 Å². The van der Waals surface area contributed by atoms with Gasteiger partial charge in [0.05, 0.1) is 11.0 Å². The van der Waals surface area contributed by atoms with Gasteiger partial charge in [-0.05, 0) is 43.2 Å². The summed E-state index contributed by atoms with van der Waals surface area (Å²) in [5.41, 5.74) is 5.78. The van der Waals surface area contributed by atoms with E-state index in [1.165, 1.54) is 0 Å². The Morgan fingerprint density at radius 2 is 1.17 bits per heavy atom. The van der Waals surface area contributed by atoms with Gasteiger partial charge in [0, 0.05) is 38.1 Å². The summed E-state index contributed by atoms with van der Waals surface area (Å²) in [6.45, 7) is 4.02. The van der Waals surface area contributed by atoms with E-state index in [2.05, 4.69) is 36.4 Å². The van der Waals surface area contributed by atoms with Gasteiger partial charge in [0.15, 0.2) is 7.14 Å². The number of hydrogen-bond acceptors (Lipinski definition) is 3. The zero-order chi connectivity index (χ0) is 24.7. The van der Waals surface area contributed by atoms with Crippen LogP contribution in [0.15, 0.2) is 115 Å². The van der Waals surface area contributed by atoms with E-state index in [9.17, 15) is 4.57 Å². The highest BCUT2D eigenvalue weighted by atomic mass is 31.2. The van der Waals surface area contributed by atoms with Crippen molar-refractivity contribution in [1.82, 2.24) is 9.97 Å². The molecule has 2 aromatic heterocycles. The van der Waals surface area contributed by atoms with Gasteiger partial charge in [0.1, 0.15) is 0 Å². The van der Waals surface area contributed by atoms with Crippen molar-refractivity contribution in [3.8, 4) is 11.1 Å². The first kappa shape index (κ1) is 22.4. The van der Waals surface area contributed by atoms with Crippen molar-refractivity contribution in [3.63, 3.8) is 0 Å². The van der Waals surface area contributed by atoms with Crippen LogP contribution < -0.4 is 15.9 Å². The number of nitrogens with zero attached hydrogens (tertiary/aromatic N) is 2. The first-order valence-corrected chi connectivity index (χ1v) is 13.7. The highest BCUT2D eigenvalue weighted by molar-refractivity contribution is 7.85. The molecule has 36 heavy (non-hydrogen) atoms. The van der Waals surface area contributed by atoms with Crippen molar-refractivity contribution in [2.75, 3.05) is 0 Å². The second kappa shape index (κ2) is 8.86. The summed E-state index contributed by atoms with van der Waals surface area (Å²) in [6.07, 6.45) is 0. The molecular formula is C32H25N2OP. The van der Waals surface area contributed by atoms with Gasteiger partial charge in [-0.2, -0.15) is 0 Å². The van der Waals surface area contributed by atoms with Crippen LogP contribution in [0.4, 0.5) is 0 Å². The highest BCUT2D eigenvalue weighted by Crippen LogP contribution is 2.43. The fourth-order valence-corrected chi connectivity index (χ4v) is 7.62. The van der Waals surface area contributed by atoms with Crippen LogP contribution in [0.25, 0.3) is 32.9 Å². The smallest absolute Gasteiger partial charge is 0.171 e. The quantitative estimate of drug-likeness (QED) is 0.206. The molecule has 6 rings (SSSR count). The number of pyridine rings is 2. The third-order valence-electron chi connectivity index (χ3n) is 6.67. The fourth-order valence-electron chi connectivity index (χ4n) is 4.93. The Morgan fingerprint density at radius 1 is 0.556 bits per heavy atom. The zero-order valence-electron chi connectivity index (χ0n) is 20.2. The Bertz CT molecular complexity index is 1740. The molecule has 0 spiro atoms. The Kier molecular flexibility index (Phi) is 5.51. The molecule has 0 atom stereocenters. The Labute approximate surface area is 210 Å². The summed E-state index contributed by atoms with van der Waals surface area (Å²) in [7, 11) is -3.07. The SMILES string of the molecule is Cc1ccc2ccc3c(-c4cccc(P(=O)(c5ccccc5)c5ccccc5)c4)cc(C)nc3c2n1. The highest BCUT2D eigenvalue weighted by Gasteiger charge is 2.29. The maximum atomic E-state index is 14.9. The number of rotatable bonds is 4. The lowest BCUT2D eigenvalue weighted by molar-refractivity contribution is 0.592. The number of fused-ring (bicyclic) bond motifs is 3. The van der Waals surface area contributed by atoms with Gasteiger partial charge in [0.25, 0.3) is 0 Å². The molecule has 174 valence electrons. The van der Waals surface area contributed by atoms with Crippen molar-refractivity contribution in [2.24, 2.45) is 0 Å². The minimum Gasteiger partial charge on any atom is -0.309 e. The molecule has 0 fully saturated rings. The van der Waals surface area contributed by atoms with Crippen molar-refractivity contribution < 1.29 is 4.57 Å². The minimum absolute atomic E-state index is 0.815. The molecular weight excluding hydrogens is 459 g/mol. The van der Waals surface area contributed by atoms with Gasteiger partial charge in [-0.1, -0.05) is 97.1 Å². The third-order valence-corrected chi connectivity index (χ3v) is 9.72. The van der Waals surface area contributed by atoms with Crippen LogP contribution in [-0.2, 0) is 4.57 Å². The first-order valence-electron chi connectivity index (χ1n) is 12.0. The maximum Gasteiger partial charge on any atom is 0.171 e. The molecule has 0 unspecified atom stereocenters. The van der Waals surface area contributed by atoms with Crippen molar-refractivity contribution in [3.05, 3.63) is 127 Å². The minimum atomic E-state index is -3.07. The molecule has 3 nitrogen and oxygen atoms in total. The molecule has 0 amide bonds. The van der Waals surface area contributed by atoms with Crippen molar-refractivity contribution >= 4 is 44.9 Å². The molecule has 0 bridgehead atoms. The number of aryl methyl sites for hydroxylation is 2. The summed E-state index contributed by atoms with van der Waals surface area (Å²) in [5.74, 6) is 0. The normalized spacial score (nSPS) is 11.7. The monoisotopic (exact) mass is 484 g/mol. The lowest BCUT2D eigenvalue weighted by Crippen LogP contribution is -2.25. The van der Waals surface area contributed by atoms with Crippen LogP contribution in [0.2, 0.25) is 0 Å². The van der Waals surface area contributed by atoms with E-state index in [0.29, 0.717) is 0 Å². The Balaban J connectivity index is 1.60. The van der Waals surface area contributed by atoms with Crippen molar-refractivity contribution in [1.29, 1.82) is 0 Å². The summed E-state index contributed by atoms with van der Waals surface area (Å²) in [5, 5.41) is 4.58. The lowest BCUT2D eigenvalue weighted by Gasteiger charge is -2.21. The molecule has 2 heterocycles. The molecule has 0 aliphatic rings. The van der Waals surface area contributed by atoms with Crippen LogP contribution in [0.1, 0.15) is 11.4 Å². The van der Waals surface area contributed by atoms with Crippen LogP contribution >= 0.6 is 7.14 Å². The number of benzene rings is 4. The predicted molar refractivity (Wildman–Crippen MR) is 151 cm³/mol. The average Bonchev–Trinajstić information content (AvgIpc) is 2.93. The van der Waals surface area contributed by atoms with E-state index in [-0.39, 0.29) is 0 Å². The molecule has 0 radical (unpaired) electrons. The van der Waals surface area contributed by atoms with Crippen LogP contribution in [0.5, 0.6) is 0 Å². The standard InChI is InChI=1S/C32H25N2OP/c1-22-16-17-24-18-19-29-30(20-23(2)34-32(29)31(24)33-22)25-10-9-15-28(21-25)36(35,26-11-5-3-6-12-26)27-13-7-4-8-14-27/h3-21H,1-2H3. The fraction of sp³-hybridized carbons (Fsp3) is 0.0625. The molecule has 0 N–H and O–H groups in total. The van der Waals surface area contributed by atoms with E-state index >= 15 is 0 Å². The van der Waals surface area contributed by atoms with Gasteiger partial charge in [-0.3, -0.25) is 9.97 Å². The van der Waals surface area contributed by atoms with E-state index < -0.39 is 7.14 Å².